The number of ether oxygens (including phenoxy) is 2. The number of rotatable bonds is 11. The highest BCUT2D eigenvalue weighted by molar-refractivity contribution is 6.01. The summed E-state index contributed by atoms with van der Waals surface area (Å²) in [5.41, 5.74) is 2.04. The lowest BCUT2D eigenvalue weighted by atomic mass is 9.87. The first-order valence-corrected chi connectivity index (χ1v) is 11.7. The molecule has 1 amide bonds. The number of hydrogen-bond donors (Lipinski definition) is 1. The predicted molar refractivity (Wildman–Crippen MR) is 133 cm³/mol. The number of unbranched alkanes of at least 4 members (excludes halogenated alkanes) is 1. The summed E-state index contributed by atoms with van der Waals surface area (Å²) in [5.74, 6) is 0.453. The van der Waals surface area contributed by atoms with Gasteiger partial charge in [-0.2, -0.15) is 5.26 Å². The highest BCUT2D eigenvalue weighted by Gasteiger charge is 2.13. The fourth-order valence-electron chi connectivity index (χ4n) is 3.06. The van der Waals surface area contributed by atoms with Crippen molar-refractivity contribution >= 4 is 18.0 Å². The van der Waals surface area contributed by atoms with E-state index >= 15 is 0 Å². The Labute approximate surface area is 202 Å². The molecule has 0 spiro atoms. The Morgan fingerprint density at radius 2 is 1.65 bits per heavy atom. The van der Waals surface area contributed by atoms with Crippen LogP contribution in [-0.4, -0.2) is 25.0 Å². The van der Waals surface area contributed by atoms with Crippen molar-refractivity contribution in [3.63, 3.8) is 0 Å². The van der Waals surface area contributed by atoms with Gasteiger partial charge in [0.1, 0.15) is 23.1 Å². The van der Waals surface area contributed by atoms with Crippen LogP contribution in [0.4, 0.5) is 0 Å². The highest BCUT2D eigenvalue weighted by Crippen LogP contribution is 2.24. The van der Waals surface area contributed by atoms with E-state index in [9.17, 15) is 14.9 Å². The smallest absolute Gasteiger partial charge is 0.311 e. The van der Waals surface area contributed by atoms with Crippen LogP contribution in [0, 0.1) is 11.3 Å². The lowest BCUT2D eigenvalue weighted by Gasteiger charge is -2.19. The Bertz CT molecular complexity index is 1010. The molecule has 1 N–H and O–H groups in total. The quantitative estimate of drug-likeness (QED) is 0.155. The van der Waals surface area contributed by atoms with E-state index in [1.807, 2.05) is 25.1 Å². The molecule has 0 aliphatic rings. The van der Waals surface area contributed by atoms with Crippen molar-refractivity contribution in [2.75, 3.05) is 13.2 Å². The summed E-state index contributed by atoms with van der Waals surface area (Å²) in [6.45, 7) is 9.48. The molecule has 0 atom stereocenters. The van der Waals surface area contributed by atoms with E-state index in [1.54, 1.807) is 24.3 Å². The van der Waals surface area contributed by atoms with Crippen molar-refractivity contribution in [3.8, 4) is 17.6 Å². The molecular weight excluding hydrogens is 428 g/mol. The third kappa shape index (κ3) is 9.11. The predicted octanol–water partition coefficient (Wildman–Crippen LogP) is 5.57. The molecule has 0 aromatic heterocycles. The van der Waals surface area contributed by atoms with Crippen molar-refractivity contribution in [2.24, 2.45) is 0 Å². The summed E-state index contributed by atoms with van der Waals surface area (Å²) >= 11 is 0. The minimum atomic E-state index is -0.390. The Morgan fingerprint density at radius 3 is 2.24 bits per heavy atom. The number of benzene rings is 2. The van der Waals surface area contributed by atoms with E-state index in [2.05, 4.69) is 38.2 Å². The average Bonchev–Trinajstić information content (AvgIpc) is 2.81. The maximum absolute atomic E-state index is 12.1. The second kappa shape index (κ2) is 13.2. The minimum Gasteiger partial charge on any atom is -0.494 e. The van der Waals surface area contributed by atoms with E-state index in [0.717, 1.165) is 18.6 Å². The first kappa shape index (κ1) is 26.7. The third-order valence-corrected chi connectivity index (χ3v) is 5.12. The number of esters is 1. The van der Waals surface area contributed by atoms with Crippen molar-refractivity contribution < 1.29 is 19.1 Å². The van der Waals surface area contributed by atoms with E-state index in [-0.39, 0.29) is 29.3 Å². The van der Waals surface area contributed by atoms with Gasteiger partial charge in [-0.1, -0.05) is 58.4 Å². The van der Waals surface area contributed by atoms with Crippen LogP contribution in [0.3, 0.4) is 0 Å². The maximum atomic E-state index is 12.1. The standard InChI is InChI=1S/C28H34N2O4/c1-5-6-17-30-27(32)22(20-29)19-21-9-13-25(14-10-21)34-26(31)8-7-18-33-24-15-11-23(12-16-24)28(2,3)4/h9-16,19H,5-8,17-18H2,1-4H3,(H,30,32)/b22-19+. The largest absolute Gasteiger partial charge is 0.494 e. The number of carbonyl (C=O) groups is 2. The maximum Gasteiger partial charge on any atom is 0.311 e. The minimum absolute atomic E-state index is 0.0360. The highest BCUT2D eigenvalue weighted by atomic mass is 16.5. The van der Waals surface area contributed by atoms with E-state index in [4.69, 9.17) is 9.47 Å². The van der Waals surface area contributed by atoms with Gasteiger partial charge in [-0.3, -0.25) is 9.59 Å². The molecule has 6 heteroatoms. The molecule has 0 radical (unpaired) electrons. The van der Waals surface area contributed by atoms with Crippen LogP contribution < -0.4 is 14.8 Å². The summed E-state index contributed by atoms with van der Waals surface area (Å²) < 4.78 is 11.1. The molecule has 2 aromatic carbocycles. The van der Waals surface area contributed by atoms with Gasteiger partial charge in [-0.15, -0.1) is 0 Å². The monoisotopic (exact) mass is 462 g/mol. The number of nitriles is 1. The normalized spacial score (nSPS) is 11.4. The molecule has 0 fully saturated rings. The van der Waals surface area contributed by atoms with E-state index < -0.39 is 0 Å². The molecule has 180 valence electrons. The molecule has 0 aliphatic carbocycles. The van der Waals surface area contributed by atoms with E-state index in [0.29, 0.717) is 30.9 Å². The summed E-state index contributed by atoms with van der Waals surface area (Å²) in [7, 11) is 0. The van der Waals surface area contributed by atoms with Gasteiger partial charge in [0.05, 0.1) is 6.61 Å². The first-order valence-electron chi connectivity index (χ1n) is 11.7. The van der Waals surface area contributed by atoms with Crippen LogP contribution in [0.5, 0.6) is 11.5 Å². The van der Waals surface area contributed by atoms with Gasteiger partial charge < -0.3 is 14.8 Å². The van der Waals surface area contributed by atoms with Gasteiger partial charge in [0.15, 0.2) is 0 Å². The van der Waals surface area contributed by atoms with Crippen LogP contribution in [0.25, 0.3) is 6.08 Å². The van der Waals surface area contributed by atoms with Gasteiger partial charge >= 0.3 is 5.97 Å². The SMILES string of the molecule is CCCCNC(=O)/C(C#N)=C/c1ccc(OC(=O)CCCOc2ccc(C(C)(C)C)cc2)cc1. The van der Waals surface area contributed by atoms with Gasteiger partial charge in [-0.25, -0.2) is 0 Å². The fraction of sp³-hybridized carbons (Fsp3) is 0.393. The van der Waals surface area contributed by atoms with Gasteiger partial charge in [0, 0.05) is 13.0 Å². The average molecular weight is 463 g/mol. The zero-order valence-corrected chi connectivity index (χ0v) is 20.5. The molecule has 34 heavy (non-hydrogen) atoms. The van der Waals surface area contributed by atoms with Crippen LogP contribution in [0.1, 0.15) is 64.5 Å². The molecule has 0 saturated heterocycles. The second-order valence-electron chi connectivity index (χ2n) is 9.05. The van der Waals surface area contributed by atoms with Gasteiger partial charge in [-0.05, 0) is 59.7 Å². The topological polar surface area (TPSA) is 88.4 Å². The number of carbonyl (C=O) groups excluding carboxylic acids is 2. The zero-order chi connectivity index (χ0) is 25.0. The van der Waals surface area contributed by atoms with Crippen LogP contribution in [0.2, 0.25) is 0 Å². The lowest BCUT2D eigenvalue weighted by molar-refractivity contribution is -0.134. The summed E-state index contributed by atoms with van der Waals surface area (Å²) in [6, 6.07) is 16.6. The number of nitrogens with one attached hydrogen (secondary N) is 1. The number of amides is 1. The van der Waals surface area contributed by atoms with Crippen molar-refractivity contribution in [3.05, 3.63) is 65.2 Å². The van der Waals surface area contributed by atoms with Crippen molar-refractivity contribution in [1.82, 2.24) is 5.32 Å². The molecule has 0 saturated carbocycles. The van der Waals surface area contributed by atoms with Crippen molar-refractivity contribution in [1.29, 1.82) is 5.26 Å². The Kier molecular flexibility index (Phi) is 10.3. The fourth-order valence-corrected chi connectivity index (χ4v) is 3.06. The van der Waals surface area contributed by atoms with E-state index in [1.165, 1.54) is 11.6 Å². The zero-order valence-electron chi connectivity index (χ0n) is 20.5. The molecule has 2 rings (SSSR count). The molecule has 0 unspecified atom stereocenters. The summed E-state index contributed by atoms with van der Waals surface area (Å²) in [4.78, 5) is 24.2. The Morgan fingerprint density at radius 1 is 1.00 bits per heavy atom. The number of nitrogens with zero attached hydrogens (tertiary/aromatic N) is 1. The molecule has 2 aromatic rings. The van der Waals surface area contributed by atoms with Crippen LogP contribution in [-0.2, 0) is 15.0 Å². The summed E-state index contributed by atoms with van der Waals surface area (Å²) in [5, 5.41) is 12.0. The van der Waals surface area contributed by atoms with Crippen LogP contribution >= 0.6 is 0 Å². The number of hydrogen-bond acceptors (Lipinski definition) is 5. The van der Waals surface area contributed by atoms with Gasteiger partial charge in [0.25, 0.3) is 5.91 Å². The Hall–Kier alpha value is -3.59. The molecule has 0 bridgehead atoms. The first-order chi connectivity index (χ1) is 16.2. The Balaban J connectivity index is 1.78. The third-order valence-electron chi connectivity index (χ3n) is 5.12. The molecule has 0 aliphatic heterocycles. The lowest BCUT2D eigenvalue weighted by Crippen LogP contribution is -2.25. The summed E-state index contributed by atoms with van der Waals surface area (Å²) in [6.07, 6.45) is 4.11. The van der Waals surface area contributed by atoms with Crippen molar-refractivity contribution in [2.45, 2.75) is 58.8 Å². The van der Waals surface area contributed by atoms with Gasteiger partial charge in [0.2, 0.25) is 0 Å². The molecule has 6 nitrogen and oxygen atoms in total. The van der Waals surface area contributed by atoms with Crippen LogP contribution in [0.15, 0.2) is 54.1 Å². The second-order valence-corrected chi connectivity index (χ2v) is 9.05. The molecular formula is C28H34N2O4. The molecule has 0 heterocycles.